The van der Waals surface area contributed by atoms with Crippen molar-refractivity contribution in [3.63, 3.8) is 0 Å². The van der Waals surface area contributed by atoms with Crippen LogP contribution < -0.4 is 0 Å². The van der Waals surface area contributed by atoms with Crippen molar-refractivity contribution in [1.82, 2.24) is 9.80 Å². The van der Waals surface area contributed by atoms with E-state index >= 15 is 0 Å². The van der Waals surface area contributed by atoms with Crippen LogP contribution in [0.2, 0.25) is 0 Å². The van der Waals surface area contributed by atoms with Crippen LogP contribution in [0.25, 0.3) is 0 Å². The van der Waals surface area contributed by atoms with E-state index in [4.69, 9.17) is 4.74 Å². The van der Waals surface area contributed by atoms with Crippen molar-refractivity contribution < 1.29 is 18.7 Å². The molecule has 2 saturated heterocycles. The molecule has 3 atom stereocenters. The lowest BCUT2D eigenvalue weighted by molar-refractivity contribution is -0.138. The molecule has 1 aromatic rings. The van der Waals surface area contributed by atoms with E-state index in [1.54, 1.807) is 16.8 Å². The van der Waals surface area contributed by atoms with E-state index in [2.05, 4.69) is 0 Å². The van der Waals surface area contributed by atoms with Crippen LogP contribution in [0.3, 0.4) is 0 Å². The third kappa shape index (κ3) is 2.69. The number of likely N-dealkylation sites (N-methyl/N-ethyl adjacent to an activating group) is 1. The number of amides is 2. The molecule has 1 aromatic carbocycles. The molecule has 2 amide bonds. The van der Waals surface area contributed by atoms with Gasteiger partial charge in [0, 0.05) is 31.6 Å². The maximum absolute atomic E-state index is 13.0. The number of fused-ring (bicyclic) bond motifs is 1. The predicted molar refractivity (Wildman–Crippen MR) is 84.8 cm³/mol. The van der Waals surface area contributed by atoms with Gasteiger partial charge in [0.05, 0.1) is 12.6 Å². The molecule has 5 nitrogen and oxygen atoms in total. The monoisotopic (exact) mass is 332 g/mol. The van der Waals surface area contributed by atoms with Gasteiger partial charge in [-0.25, -0.2) is 4.39 Å². The van der Waals surface area contributed by atoms with Gasteiger partial charge in [-0.15, -0.1) is 0 Å². The van der Waals surface area contributed by atoms with Crippen LogP contribution in [-0.2, 0) is 9.53 Å². The second-order valence-electron chi connectivity index (χ2n) is 7.09. The first kappa shape index (κ1) is 15.6. The molecule has 2 heterocycles. The molecule has 4 rings (SSSR count). The Balaban J connectivity index is 1.46. The second-order valence-corrected chi connectivity index (χ2v) is 7.09. The molecule has 0 radical (unpaired) electrons. The van der Waals surface area contributed by atoms with Crippen molar-refractivity contribution in [2.24, 2.45) is 11.8 Å². The Kier molecular flexibility index (Phi) is 3.79. The first-order valence-corrected chi connectivity index (χ1v) is 8.47. The van der Waals surface area contributed by atoms with Gasteiger partial charge >= 0.3 is 0 Å². The highest BCUT2D eigenvalue weighted by molar-refractivity contribution is 5.95. The molecule has 0 spiro atoms. The minimum absolute atomic E-state index is 0.00565. The summed E-state index contributed by atoms with van der Waals surface area (Å²) < 4.78 is 18.9. The summed E-state index contributed by atoms with van der Waals surface area (Å²) in [5.74, 6) is 0.167. The largest absolute Gasteiger partial charge is 0.368 e. The fourth-order valence-electron chi connectivity index (χ4n) is 3.73. The van der Waals surface area contributed by atoms with E-state index in [1.165, 1.54) is 37.1 Å². The minimum Gasteiger partial charge on any atom is -0.368 e. The van der Waals surface area contributed by atoms with E-state index in [0.29, 0.717) is 31.2 Å². The second kappa shape index (κ2) is 5.84. The number of carbonyl (C=O) groups excluding carboxylic acids is 2. The van der Waals surface area contributed by atoms with Crippen molar-refractivity contribution in [3.05, 3.63) is 35.6 Å². The van der Waals surface area contributed by atoms with Crippen molar-refractivity contribution >= 4 is 11.8 Å². The Labute approximate surface area is 140 Å². The van der Waals surface area contributed by atoms with Gasteiger partial charge in [-0.1, -0.05) is 0 Å². The van der Waals surface area contributed by atoms with Crippen LogP contribution >= 0.6 is 0 Å². The fourth-order valence-corrected chi connectivity index (χ4v) is 3.73. The Bertz CT molecular complexity index is 659. The van der Waals surface area contributed by atoms with Gasteiger partial charge in [0.2, 0.25) is 0 Å². The lowest BCUT2D eigenvalue weighted by Gasteiger charge is -2.22. The normalized spacial score (nSPS) is 29.2. The number of benzene rings is 1. The Morgan fingerprint density at radius 1 is 1.25 bits per heavy atom. The maximum atomic E-state index is 13.0. The SMILES string of the molecule is CN1C(=O)[C@@H](OCC2CC2)[C@H]2CN(C(=O)c3ccc(F)cc3)C[C@H]21. The van der Waals surface area contributed by atoms with E-state index in [1.807, 2.05) is 0 Å². The summed E-state index contributed by atoms with van der Waals surface area (Å²) in [5.41, 5.74) is 0.473. The molecule has 0 N–H and O–H groups in total. The summed E-state index contributed by atoms with van der Waals surface area (Å²) in [6.07, 6.45) is 1.92. The van der Waals surface area contributed by atoms with Crippen molar-refractivity contribution in [1.29, 1.82) is 0 Å². The molecular formula is C18H21FN2O3. The highest BCUT2D eigenvalue weighted by Gasteiger charge is 2.53. The molecule has 0 unspecified atom stereocenters. The minimum atomic E-state index is -0.438. The zero-order valence-corrected chi connectivity index (χ0v) is 13.7. The van der Waals surface area contributed by atoms with E-state index in [0.717, 1.165) is 0 Å². The molecule has 2 aliphatic heterocycles. The highest BCUT2D eigenvalue weighted by Crippen LogP contribution is 2.36. The molecule has 3 aliphatic rings. The zero-order valence-electron chi connectivity index (χ0n) is 13.7. The van der Waals surface area contributed by atoms with Crippen molar-refractivity contribution in [2.75, 3.05) is 26.7 Å². The number of hydrogen-bond donors (Lipinski definition) is 0. The average Bonchev–Trinajstić information content (AvgIpc) is 3.26. The Morgan fingerprint density at radius 3 is 2.62 bits per heavy atom. The van der Waals surface area contributed by atoms with Crippen LogP contribution in [0.5, 0.6) is 0 Å². The molecule has 1 saturated carbocycles. The van der Waals surface area contributed by atoms with Crippen molar-refractivity contribution in [3.8, 4) is 0 Å². The molecule has 128 valence electrons. The first-order valence-electron chi connectivity index (χ1n) is 8.47. The Hall–Kier alpha value is -1.95. The summed E-state index contributed by atoms with van der Waals surface area (Å²) in [6, 6.07) is 5.60. The third-order valence-electron chi connectivity index (χ3n) is 5.40. The van der Waals surface area contributed by atoms with E-state index < -0.39 is 6.10 Å². The van der Waals surface area contributed by atoms with Gasteiger partial charge in [-0.2, -0.15) is 0 Å². The van der Waals surface area contributed by atoms with Gasteiger partial charge in [0.15, 0.2) is 0 Å². The quantitative estimate of drug-likeness (QED) is 0.840. The number of ether oxygens (including phenoxy) is 1. The van der Waals surface area contributed by atoms with Gasteiger partial charge in [-0.3, -0.25) is 9.59 Å². The molecule has 0 aromatic heterocycles. The van der Waals surface area contributed by atoms with Crippen LogP contribution in [0.15, 0.2) is 24.3 Å². The first-order chi connectivity index (χ1) is 11.5. The number of hydrogen-bond acceptors (Lipinski definition) is 3. The number of rotatable bonds is 4. The lowest BCUT2D eigenvalue weighted by Crippen LogP contribution is -2.39. The third-order valence-corrected chi connectivity index (χ3v) is 5.40. The number of carbonyl (C=O) groups is 2. The van der Waals surface area contributed by atoms with Gasteiger partial charge in [0.1, 0.15) is 11.9 Å². The van der Waals surface area contributed by atoms with Gasteiger partial charge in [-0.05, 0) is 43.0 Å². The van der Waals surface area contributed by atoms with Crippen LogP contribution in [0, 0.1) is 17.7 Å². The molecular weight excluding hydrogens is 311 g/mol. The summed E-state index contributed by atoms with van der Waals surface area (Å²) >= 11 is 0. The fraction of sp³-hybridized carbons (Fsp3) is 0.556. The number of nitrogens with zero attached hydrogens (tertiary/aromatic N) is 2. The molecule has 0 bridgehead atoms. The summed E-state index contributed by atoms with van der Waals surface area (Å²) in [7, 11) is 1.78. The summed E-state index contributed by atoms with van der Waals surface area (Å²) in [4.78, 5) is 28.5. The molecule has 24 heavy (non-hydrogen) atoms. The Morgan fingerprint density at radius 2 is 1.96 bits per heavy atom. The number of likely N-dealkylation sites (tertiary alicyclic amines) is 2. The van der Waals surface area contributed by atoms with Crippen molar-refractivity contribution in [2.45, 2.75) is 25.0 Å². The summed E-state index contributed by atoms with van der Waals surface area (Å²) in [6.45, 7) is 1.65. The van der Waals surface area contributed by atoms with E-state index in [-0.39, 0.29) is 29.6 Å². The maximum Gasteiger partial charge on any atom is 0.253 e. The average molecular weight is 332 g/mol. The zero-order chi connectivity index (χ0) is 16.8. The molecule has 3 fully saturated rings. The van der Waals surface area contributed by atoms with E-state index in [9.17, 15) is 14.0 Å². The predicted octanol–water partition coefficient (Wildman–Crippen LogP) is 1.53. The van der Waals surface area contributed by atoms with Crippen LogP contribution in [0.1, 0.15) is 23.2 Å². The topological polar surface area (TPSA) is 49.9 Å². The smallest absolute Gasteiger partial charge is 0.253 e. The molecule has 6 heteroatoms. The van der Waals surface area contributed by atoms with Crippen LogP contribution in [-0.4, -0.2) is 60.5 Å². The lowest BCUT2D eigenvalue weighted by atomic mass is 10.0. The van der Waals surface area contributed by atoms with Gasteiger partial charge < -0.3 is 14.5 Å². The van der Waals surface area contributed by atoms with Crippen LogP contribution in [0.4, 0.5) is 4.39 Å². The van der Waals surface area contributed by atoms with Gasteiger partial charge in [0.25, 0.3) is 11.8 Å². The standard InChI is InChI=1S/C18H21FN2O3/c1-20-15-9-21(17(22)12-4-6-13(19)7-5-12)8-14(15)16(18(20)23)24-10-11-2-3-11/h4-7,11,14-16H,2-3,8-10H2,1H3/t14-,15+,16-/m0/s1. The summed E-state index contributed by atoms with van der Waals surface area (Å²) in [5, 5.41) is 0. The number of halogens is 1. The molecule has 1 aliphatic carbocycles. The highest BCUT2D eigenvalue weighted by atomic mass is 19.1.